The van der Waals surface area contributed by atoms with Crippen LogP contribution in [-0.2, 0) is 0 Å². The molecular formula is C18H16N4O. The minimum Gasteiger partial charge on any atom is -0.481 e. The second-order valence-corrected chi connectivity index (χ2v) is 4.80. The Morgan fingerprint density at radius 2 is 2.04 bits per heavy atom. The predicted octanol–water partition coefficient (Wildman–Crippen LogP) is 2.89. The van der Waals surface area contributed by atoms with Gasteiger partial charge in [0, 0.05) is 36.2 Å². The molecule has 0 saturated carbocycles. The standard InChI is InChI=1S/C18H16N4O/c1-23-17-12-14(9-11-19-17)6-4-5-10-20-18-15-7-2-3-8-16(15)21-13-22-18/h2-3,7-9,11-13H,5,10H2,1H3,(H,20,21,22). The van der Waals surface area contributed by atoms with Gasteiger partial charge in [0.1, 0.15) is 12.1 Å². The summed E-state index contributed by atoms with van der Waals surface area (Å²) < 4.78 is 5.08. The van der Waals surface area contributed by atoms with Gasteiger partial charge in [0.2, 0.25) is 5.88 Å². The Labute approximate surface area is 134 Å². The van der Waals surface area contributed by atoms with Crippen LogP contribution in [0.4, 0.5) is 5.82 Å². The van der Waals surface area contributed by atoms with E-state index < -0.39 is 0 Å². The number of hydrogen-bond acceptors (Lipinski definition) is 5. The highest BCUT2D eigenvalue weighted by molar-refractivity contribution is 5.88. The van der Waals surface area contributed by atoms with E-state index in [1.165, 1.54) is 0 Å². The second-order valence-electron chi connectivity index (χ2n) is 4.80. The highest BCUT2D eigenvalue weighted by Gasteiger charge is 2.00. The summed E-state index contributed by atoms with van der Waals surface area (Å²) in [5.41, 5.74) is 1.82. The molecule has 0 aliphatic carbocycles. The molecule has 0 aliphatic heterocycles. The van der Waals surface area contributed by atoms with Gasteiger partial charge in [-0.1, -0.05) is 24.0 Å². The van der Waals surface area contributed by atoms with E-state index in [1.807, 2.05) is 36.4 Å². The van der Waals surface area contributed by atoms with Gasteiger partial charge in [-0.15, -0.1) is 0 Å². The Hall–Kier alpha value is -3.13. The van der Waals surface area contributed by atoms with E-state index in [0.29, 0.717) is 12.3 Å². The van der Waals surface area contributed by atoms with Crippen molar-refractivity contribution >= 4 is 16.7 Å². The maximum atomic E-state index is 5.08. The summed E-state index contributed by atoms with van der Waals surface area (Å²) in [6, 6.07) is 11.6. The fraction of sp³-hybridized carbons (Fsp3) is 0.167. The molecule has 0 fully saturated rings. The smallest absolute Gasteiger partial charge is 0.214 e. The zero-order valence-electron chi connectivity index (χ0n) is 12.8. The van der Waals surface area contributed by atoms with Crippen molar-refractivity contribution in [3.8, 4) is 17.7 Å². The van der Waals surface area contributed by atoms with Crippen molar-refractivity contribution in [1.29, 1.82) is 0 Å². The monoisotopic (exact) mass is 304 g/mol. The van der Waals surface area contributed by atoms with E-state index in [2.05, 4.69) is 32.1 Å². The number of benzene rings is 1. The molecule has 2 aromatic heterocycles. The van der Waals surface area contributed by atoms with Crippen molar-refractivity contribution < 1.29 is 4.74 Å². The normalized spacial score (nSPS) is 9.96. The molecule has 114 valence electrons. The zero-order chi connectivity index (χ0) is 15.9. The van der Waals surface area contributed by atoms with Crippen molar-refractivity contribution in [2.75, 3.05) is 19.0 Å². The van der Waals surface area contributed by atoms with Crippen LogP contribution in [0, 0.1) is 11.8 Å². The lowest BCUT2D eigenvalue weighted by Gasteiger charge is -2.05. The second kappa shape index (κ2) is 7.23. The number of pyridine rings is 1. The number of methoxy groups -OCH3 is 1. The van der Waals surface area contributed by atoms with Gasteiger partial charge in [0.05, 0.1) is 12.6 Å². The van der Waals surface area contributed by atoms with Crippen molar-refractivity contribution in [3.63, 3.8) is 0 Å². The Bertz CT molecular complexity index is 862. The summed E-state index contributed by atoms with van der Waals surface area (Å²) in [6.07, 6.45) is 3.97. The van der Waals surface area contributed by atoms with Crippen LogP contribution < -0.4 is 10.1 Å². The molecule has 5 nitrogen and oxygen atoms in total. The van der Waals surface area contributed by atoms with Gasteiger partial charge in [-0.2, -0.15) is 0 Å². The number of ether oxygens (including phenoxy) is 1. The molecule has 0 amide bonds. The number of fused-ring (bicyclic) bond motifs is 1. The summed E-state index contributed by atoms with van der Waals surface area (Å²) >= 11 is 0. The van der Waals surface area contributed by atoms with Crippen molar-refractivity contribution in [1.82, 2.24) is 15.0 Å². The molecule has 0 aliphatic rings. The highest BCUT2D eigenvalue weighted by atomic mass is 16.5. The molecule has 3 rings (SSSR count). The average Bonchev–Trinajstić information content (AvgIpc) is 2.62. The minimum absolute atomic E-state index is 0.572. The average molecular weight is 304 g/mol. The third-order valence-corrected chi connectivity index (χ3v) is 3.26. The van der Waals surface area contributed by atoms with Crippen molar-refractivity contribution in [2.45, 2.75) is 6.42 Å². The largest absolute Gasteiger partial charge is 0.481 e. The fourth-order valence-corrected chi connectivity index (χ4v) is 2.15. The van der Waals surface area contributed by atoms with Crippen LogP contribution in [0.1, 0.15) is 12.0 Å². The summed E-state index contributed by atoms with van der Waals surface area (Å²) in [5, 5.41) is 4.32. The maximum Gasteiger partial charge on any atom is 0.214 e. The van der Waals surface area contributed by atoms with Crippen molar-refractivity contribution in [3.05, 3.63) is 54.5 Å². The first-order valence-electron chi connectivity index (χ1n) is 7.29. The molecule has 1 N–H and O–H groups in total. The van der Waals surface area contributed by atoms with Gasteiger partial charge in [-0.05, 0) is 18.2 Å². The lowest BCUT2D eigenvalue weighted by molar-refractivity contribution is 0.398. The molecule has 0 unspecified atom stereocenters. The lowest BCUT2D eigenvalue weighted by Crippen LogP contribution is -2.03. The summed E-state index contributed by atoms with van der Waals surface area (Å²) in [5.74, 6) is 7.64. The van der Waals surface area contributed by atoms with Gasteiger partial charge >= 0.3 is 0 Å². The predicted molar refractivity (Wildman–Crippen MR) is 90.3 cm³/mol. The number of nitrogens with zero attached hydrogens (tertiary/aromatic N) is 3. The summed E-state index contributed by atoms with van der Waals surface area (Å²) in [6.45, 7) is 0.718. The van der Waals surface area contributed by atoms with Gasteiger partial charge in [-0.25, -0.2) is 15.0 Å². The molecule has 0 radical (unpaired) electrons. The Morgan fingerprint density at radius 3 is 2.96 bits per heavy atom. The molecule has 1 aromatic carbocycles. The van der Waals surface area contributed by atoms with Crippen molar-refractivity contribution in [2.24, 2.45) is 0 Å². The minimum atomic E-state index is 0.572. The molecule has 0 saturated heterocycles. The van der Waals surface area contributed by atoms with E-state index in [1.54, 1.807) is 19.6 Å². The maximum absolute atomic E-state index is 5.08. The number of rotatable bonds is 4. The molecule has 0 spiro atoms. The van der Waals surface area contributed by atoms with Gasteiger partial charge in [0.15, 0.2) is 0 Å². The van der Waals surface area contributed by atoms with E-state index in [-0.39, 0.29) is 0 Å². The first-order chi connectivity index (χ1) is 11.4. The quantitative estimate of drug-likeness (QED) is 0.593. The summed E-state index contributed by atoms with van der Waals surface area (Å²) in [7, 11) is 1.59. The highest BCUT2D eigenvalue weighted by Crippen LogP contribution is 2.17. The Kier molecular flexibility index (Phi) is 4.65. The van der Waals surface area contributed by atoms with Crippen LogP contribution in [0.15, 0.2) is 48.9 Å². The molecule has 3 aromatic rings. The van der Waals surface area contributed by atoms with Crippen LogP contribution in [0.5, 0.6) is 5.88 Å². The topological polar surface area (TPSA) is 59.9 Å². The number of aromatic nitrogens is 3. The van der Waals surface area contributed by atoms with Crippen LogP contribution in [-0.4, -0.2) is 28.6 Å². The van der Waals surface area contributed by atoms with Crippen LogP contribution in [0.25, 0.3) is 10.9 Å². The lowest BCUT2D eigenvalue weighted by atomic mass is 10.2. The van der Waals surface area contributed by atoms with Crippen LogP contribution in [0.2, 0.25) is 0 Å². The number of hydrogen-bond donors (Lipinski definition) is 1. The molecular weight excluding hydrogens is 288 g/mol. The van der Waals surface area contributed by atoms with Crippen LogP contribution >= 0.6 is 0 Å². The Balaban J connectivity index is 1.60. The summed E-state index contributed by atoms with van der Waals surface area (Å²) in [4.78, 5) is 12.6. The number of anilines is 1. The first kappa shape index (κ1) is 14.8. The number of nitrogens with one attached hydrogen (secondary N) is 1. The van der Waals surface area contributed by atoms with Gasteiger partial charge in [-0.3, -0.25) is 0 Å². The van der Waals surface area contributed by atoms with E-state index in [4.69, 9.17) is 4.74 Å². The molecule has 23 heavy (non-hydrogen) atoms. The third-order valence-electron chi connectivity index (χ3n) is 3.26. The molecule has 2 heterocycles. The SMILES string of the molecule is COc1cc(C#CCCNc2ncnc3ccccc23)ccn1. The zero-order valence-corrected chi connectivity index (χ0v) is 12.8. The van der Waals surface area contributed by atoms with Gasteiger partial charge < -0.3 is 10.1 Å². The third kappa shape index (κ3) is 3.74. The van der Waals surface area contributed by atoms with Gasteiger partial charge in [0.25, 0.3) is 0 Å². The van der Waals surface area contributed by atoms with Crippen LogP contribution in [0.3, 0.4) is 0 Å². The molecule has 0 atom stereocenters. The fourth-order valence-electron chi connectivity index (χ4n) is 2.15. The first-order valence-corrected chi connectivity index (χ1v) is 7.29. The van der Waals surface area contributed by atoms with E-state index in [9.17, 15) is 0 Å². The Morgan fingerprint density at radius 1 is 1.13 bits per heavy atom. The molecule has 5 heteroatoms. The molecule has 0 bridgehead atoms. The van der Waals surface area contributed by atoms with E-state index in [0.717, 1.165) is 28.8 Å². The number of para-hydroxylation sites is 1. The van der Waals surface area contributed by atoms with E-state index >= 15 is 0 Å².